The molecule has 1 rings (SSSR count). The molecule has 0 aromatic carbocycles. The molecular formula is C11H20N2O4. The summed E-state index contributed by atoms with van der Waals surface area (Å²) in [4.78, 5) is 22.5. The summed E-state index contributed by atoms with van der Waals surface area (Å²) in [6.07, 6.45) is 1.19. The largest absolute Gasteiger partial charge is 0.480 e. The van der Waals surface area contributed by atoms with Crippen molar-refractivity contribution in [2.45, 2.75) is 38.8 Å². The molecule has 0 aromatic heterocycles. The first kappa shape index (κ1) is 13.8. The SMILES string of the molecule is CC(C)C[C@@H](NC(=O)NC1CCOC1)C(=O)O. The van der Waals surface area contributed by atoms with Gasteiger partial charge in [-0.15, -0.1) is 0 Å². The molecule has 0 spiro atoms. The first-order valence-corrected chi connectivity index (χ1v) is 5.86. The lowest BCUT2D eigenvalue weighted by atomic mass is 10.0. The number of carbonyl (C=O) groups excluding carboxylic acids is 1. The zero-order chi connectivity index (χ0) is 12.8. The van der Waals surface area contributed by atoms with Gasteiger partial charge in [-0.2, -0.15) is 0 Å². The number of ether oxygens (including phenoxy) is 1. The summed E-state index contributed by atoms with van der Waals surface area (Å²) in [5, 5.41) is 14.1. The predicted molar refractivity (Wildman–Crippen MR) is 61.8 cm³/mol. The number of carboxylic acids is 1. The van der Waals surface area contributed by atoms with Gasteiger partial charge in [0, 0.05) is 6.61 Å². The molecule has 1 aliphatic rings. The Kier molecular flexibility index (Phi) is 5.21. The van der Waals surface area contributed by atoms with E-state index < -0.39 is 18.0 Å². The maximum absolute atomic E-state index is 11.6. The number of carboxylic acid groups (broad SMARTS) is 1. The van der Waals surface area contributed by atoms with Gasteiger partial charge >= 0.3 is 12.0 Å². The molecule has 0 aromatic rings. The molecule has 3 N–H and O–H groups in total. The zero-order valence-corrected chi connectivity index (χ0v) is 10.2. The summed E-state index contributed by atoms with van der Waals surface area (Å²) in [6.45, 7) is 4.97. The fourth-order valence-corrected chi connectivity index (χ4v) is 1.73. The molecule has 0 aliphatic carbocycles. The molecule has 0 radical (unpaired) electrons. The molecule has 6 nitrogen and oxygen atoms in total. The van der Waals surface area contributed by atoms with Crippen LogP contribution in [0.3, 0.4) is 0 Å². The molecule has 0 bridgehead atoms. The van der Waals surface area contributed by atoms with Crippen molar-refractivity contribution in [3.8, 4) is 0 Å². The van der Waals surface area contributed by atoms with Crippen molar-refractivity contribution < 1.29 is 19.4 Å². The van der Waals surface area contributed by atoms with E-state index in [0.717, 1.165) is 6.42 Å². The van der Waals surface area contributed by atoms with E-state index in [1.807, 2.05) is 13.8 Å². The average Bonchev–Trinajstić information content (AvgIpc) is 2.68. The minimum atomic E-state index is -1.00. The maximum atomic E-state index is 11.6. The van der Waals surface area contributed by atoms with Crippen LogP contribution in [0.1, 0.15) is 26.7 Å². The highest BCUT2D eigenvalue weighted by atomic mass is 16.5. The Morgan fingerprint density at radius 1 is 1.47 bits per heavy atom. The van der Waals surface area contributed by atoms with Crippen molar-refractivity contribution in [2.75, 3.05) is 13.2 Å². The van der Waals surface area contributed by atoms with Crippen LogP contribution in [0.5, 0.6) is 0 Å². The summed E-state index contributed by atoms with van der Waals surface area (Å²) >= 11 is 0. The van der Waals surface area contributed by atoms with Crippen molar-refractivity contribution in [1.82, 2.24) is 10.6 Å². The summed E-state index contributed by atoms with van der Waals surface area (Å²) in [5.74, 6) is -0.789. The van der Waals surface area contributed by atoms with Gasteiger partial charge in [0.15, 0.2) is 0 Å². The van der Waals surface area contributed by atoms with E-state index >= 15 is 0 Å². The third kappa shape index (κ3) is 5.04. The highest BCUT2D eigenvalue weighted by molar-refractivity contribution is 5.82. The Morgan fingerprint density at radius 3 is 2.65 bits per heavy atom. The molecule has 1 heterocycles. The summed E-state index contributed by atoms with van der Waals surface area (Å²) in [6, 6.07) is -1.28. The molecule has 98 valence electrons. The topological polar surface area (TPSA) is 87.7 Å². The highest BCUT2D eigenvalue weighted by Crippen LogP contribution is 2.06. The van der Waals surface area contributed by atoms with Crippen LogP contribution >= 0.6 is 0 Å². The van der Waals surface area contributed by atoms with E-state index in [9.17, 15) is 9.59 Å². The molecule has 6 heteroatoms. The molecule has 1 aliphatic heterocycles. The van der Waals surface area contributed by atoms with Crippen molar-refractivity contribution in [1.29, 1.82) is 0 Å². The van der Waals surface area contributed by atoms with Crippen LogP contribution in [0.2, 0.25) is 0 Å². The fraction of sp³-hybridized carbons (Fsp3) is 0.818. The molecule has 17 heavy (non-hydrogen) atoms. The third-order valence-corrected chi connectivity index (χ3v) is 2.58. The number of aliphatic carboxylic acids is 1. The van der Waals surface area contributed by atoms with Crippen molar-refractivity contribution in [2.24, 2.45) is 5.92 Å². The Hall–Kier alpha value is -1.30. The normalized spacial score (nSPS) is 21.2. The Bertz CT molecular complexity index is 275. The van der Waals surface area contributed by atoms with Gasteiger partial charge in [0.2, 0.25) is 0 Å². The highest BCUT2D eigenvalue weighted by Gasteiger charge is 2.23. The predicted octanol–water partition coefficient (Wildman–Crippen LogP) is 0.574. The molecule has 1 unspecified atom stereocenters. The smallest absolute Gasteiger partial charge is 0.326 e. The first-order valence-electron chi connectivity index (χ1n) is 5.86. The number of urea groups is 1. The van der Waals surface area contributed by atoms with E-state index in [-0.39, 0.29) is 12.0 Å². The lowest BCUT2D eigenvalue weighted by Gasteiger charge is -2.18. The van der Waals surface area contributed by atoms with E-state index in [2.05, 4.69) is 10.6 Å². The van der Waals surface area contributed by atoms with Gasteiger partial charge in [-0.25, -0.2) is 9.59 Å². The molecule has 0 saturated carbocycles. The molecule has 1 saturated heterocycles. The number of hydrogen-bond donors (Lipinski definition) is 3. The summed E-state index contributed by atoms with van der Waals surface area (Å²) < 4.78 is 5.12. The zero-order valence-electron chi connectivity index (χ0n) is 10.2. The second kappa shape index (κ2) is 6.44. The third-order valence-electron chi connectivity index (χ3n) is 2.58. The van der Waals surface area contributed by atoms with Gasteiger partial charge in [-0.3, -0.25) is 0 Å². The van der Waals surface area contributed by atoms with Crippen molar-refractivity contribution >= 4 is 12.0 Å². The Balaban J connectivity index is 2.37. The van der Waals surface area contributed by atoms with Gasteiger partial charge in [-0.05, 0) is 18.8 Å². The number of carbonyl (C=O) groups is 2. The van der Waals surface area contributed by atoms with Gasteiger partial charge in [0.05, 0.1) is 12.6 Å². The van der Waals surface area contributed by atoms with Crippen LogP contribution in [-0.2, 0) is 9.53 Å². The average molecular weight is 244 g/mol. The number of amides is 2. The van der Waals surface area contributed by atoms with Gasteiger partial charge < -0.3 is 20.5 Å². The van der Waals surface area contributed by atoms with E-state index in [1.54, 1.807) is 0 Å². The lowest BCUT2D eigenvalue weighted by molar-refractivity contribution is -0.139. The minimum Gasteiger partial charge on any atom is -0.480 e. The second-order valence-electron chi connectivity index (χ2n) is 4.70. The minimum absolute atomic E-state index is 0.0107. The monoisotopic (exact) mass is 244 g/mol. The van der Waals surface area contributed by atoms with E-state index in [1.165, 1.54) is 0 Å². The van der Waals surface area contributed by atoms with Crippen molar-refractivity contribution in [3.63, 3.8) is 0 Å². The first-order chi connectivity index (χ1) is 7.99. The standard InChI is InChI=1S/C11H20N2O4/c1-7(2)5-9(10(14)15)13-11(16)12-8-3-4-17-6-8/h7-9H,3-6H2,1-2H3,(H,14,15)(H2,12,13,16)/t8?,9-/m1/s1. The number of nitrogens with one attached hydrogen (secondary N) is 2. The Labute approximate surface area is 101 Å². The van der Waals surface area contributed by atoms with Crippen LogP contribution in [0.15, 0.2) is 0 Å². The van der Waals surface area contributed by atoms with Crippen molar-refractivity contribution in [3.05, 3.63) is 0 Å². The Morgan fingerprint density at radius 2 is 2.18 bits per heavy atom. The summed E-state index contributed by atoms with van der Waals surface area (Å²) in [5.41, 5.74) is 0. The van der Waals surface area contributed by atoms with Crippen LogP contribution < -0.4 is 10.6 Å². The maximum Gasteiger partial charge on any atom is 0.326 e. The van der Waals surface area contributed by atoms with Crippen LogP contribution in [0, 0.1) is 5.92 Å². The number of hydrogen-bond acceptors (Lipinski definition) is 3. The van der Waals surface area contributed by atoms with Crippen LogP contribution in [0.4, 0.5) is 4.79 Å². The quantitative estimate of drug-likeness (QED) is 0.660. The molecule has 2 atom stereocenters. The van der Waals surface area contributed by atoms with Gasteiger partial charge in [-0.1, -0.05) is 13.8 Å². The van der Waals surface area contributed by atoms with Gasteiger partial charge in [0.1, 0.15) is 6.04 Å². The molecular weight excluding hydrogens is 224 g/mol. The summed E-state index contributed by atoms with van der Waals surface area (Å²) in [7, 11) is 0. The fourth-order valence-electron chi connectivity index (χ4n) is 1.73. The second-order valence-corrected chi connectivity index (χ2v) is 4.70. The van der Waals surface area contributed by atoms with Gasteiger partial charge in [0.25, 0.3) is 0 Å². The van der Waals surface area contributed by atoms with Crippen LogP contribution in [0.25, 0.3) is 0 Å². The van der Waals surface area contributed by atoms with Crippen LogP contribution in [-0.4, -0.2) is 42.4 Å². The lowest BCUT2D eigenvalue weighted by Crippen LogP contribution is -2.49. The molecule has 2 amide bonds. The van der Waals surface area contributed by atoms with E-state index in [4.69, 9.17) is 9.84 Å². The number of rotatable bonds is 5. The molecule has 1 fully saturated rings. The van der Waals surface area contributed by atoms with E-state index in [0.29, 0.717) is 19.6 Å².